The van der Waals surface area contributed by atoms with Crippen molar-refractivity contribution in [1.82, 2.24) is 10.2 Å². The van der Waals surface area contributed by atoms with Crippen molar-refractivity contribution in [3.05, 3.63) is 126 Å². The van der Waals surface area contributed by atoms with Crippen LogP contribution in [0.15, 0.2) is 120 Å². The van der Waals surface area contributed by atoms with Gasteiger partial charge >= 0.3 is 0 Å². The Balaban J connectivity index is 1.80. The Hall–Kier alpha value is -4.63. The zero-order valence-electron chi connectivity index (χ0n) is 24.4. The summed E-state index contributed by atoms with van der Waals surface area (Å²) in [4.78, 5) is 29.6. The molecule has 0 aliphatic rings. The Morgan fingerprint density at radius 3 is 1.95 bits per heavy atom. The zero-order valence-corrected chi connectivity index (χ0v) is 25.2. The van der Waals surface area contributed by atoms with Gasteiger partial charge in [0.05, 0.1) is 17.7 Å². The molecule has 4 rings (SSSR count). The van der Waals surface area contributed by atoms with Gasteiger partial charge in [-0.15, -0.1) is 0 Å². The van der Waals surface area contributed by atoms with E-state index in [1.54, 1.807) is 42.5 Å². The summed E-state index contributed by atoms with van der Waals surface area (Å²) in [5.74, 6) is -0.530. The predicted molar refractivity (Wildman–Crippen MR) is 168 cm³/mol. The van der Waals surface area contributed by atoms with Gasteiger partial charge in [0, 0.05) is 19.5 Å². The van der Waals surface area contributed by atoms with Crippen molar-refractivity contribution in [3.8, 4) is 5.75 Å². The van der Waals surface area contributed by atoms with Gasteiger partial charge in [-0.1, -0.05) is 97.9 Å². The minimum Gasteiger partial charge on any atom is -0.495 e. The molecule has 9 heteroatoms. The fraction of sp³-hybridized carbons (Fsp3) is 0.235. The third kappa shape index (κ3) is 8.02. The molecule has 0 saturated heterocycles. The van der Waals surface area contributed by atoms with E-state index in [-0.39, 0.29) is 29.5 Å². The number of para-hydroxylation sites is 2. The molecule has 2 amide bonds. The highest BCUT2D eigenvalue weighted by Gasteiger charge is 2.35. The number of hydrogen-bond donors (Lipinski definition) is 1. The lowest BCUT2D eigenvalue weighted by molar-refractivity contribution is -0.140. The molecule has 0 heterocycles. The maximum atomic E-state index is 14.4. The molecule has 0 saturated carbocycles. The van der Waals surface area contributed by atoms with E-state index in [0.29, 0.717) is 12.3 Å². The van der Waals surface area contributed by atoms with Crippen molar-refractivity contribution < 1.29 is 22.7 Å². The summed E-state index contributed by atoms with van der Waals surface area (Å²) >= 11 is 0. The van der Waals surface area contributed by atoms with E-state index in [2.05, 4.69) is 5.32 Å². The highest BCUT2D eigenvalue weighted by molar-refractivity contribution is 7.92. The van der Waals surface area contributed by atoms with Crippen LogP contribution in [0.1, 0.15) is 24.5 Å². The minimum absolute atomic E-state index is 0.0323. The van der Waals surface area contributed by atoms with Gasteiger partial charge in [0.15, 0.2) is 0 Å². The zero-order chi connectivity index (χ0) is 30.7. The van der Waals surface area contributed by atoms with Crippen molar-refractivity contribution in [2.24, 2.45) is 0 Å². The molecule has 0 aliphatic heterocycles. The number of rotatable bonds is 14. The Morgan fingerprint density at radius 2 is 1.35 bits per heavy atom. The number of anilines is 1. The highest BCUT2D eigenvalue weighted by Crippen LogP contribution is 2.32. The molecule has 224 valence electrons. The van der Waals surface area contributed by atoms with Crippen LogP contribution in [-0.2, 0) is 32.6 Å². The molecule has 4 aromatic rings. The van der Waals surface area contributed by atoms with Gasteiger partial charge in [-0.05, 0) is 41.8 Å². The summed E-state index contributed by atoms with van der Waals surface area (Å²) < 4.78 is 34.7. The Kier molecular flexibility index (Phi) is 10.9. The summed E-state index contributed by atoms with van der Waals surface area (Å²) in [5.41, 5.74) is 1.91. The molecular weight excluding hydrogens is 562 g/mol. The van der Waals surface area contributed by atoms with Gasteiger partial charge in [0.1, 0.15) is 18.3 Å². The Labute approximate surface area is 254 Å². The van der Waals surface area contributed by atoms with Gasteiger partial charge in [-0.3, -0.25) is 13.9 Å². The number of hydrogen-bond acceptors (Lipinski definition) is 5. The second-order valence-electron chi connectivity index (χ2n) is 10.0. The highest BCUT2D eigenvalue weighted by atomic mass is 32.2. The van der Waals surface area contributed by atoms with Crippen molar-refractivity contribution >= 4 is 27.5 Å². The lowest BCUT2D eigenvalue weighted by Gasteiger charge is -2.34. The normalized spacial score (nSPS) is 11.8. The molecule has 43 heavy (non-hydrogen) atoms. The number of ether oxygens (including phenoxy) is 1. The average molecular weight is 600 g/mol. The van der Waals surface area contributed by atoms with Crippen LogP contribution in [0, 0.1) is 0 Å². The lowest BCUT2D eigenvalue weighted by atomic mass is 10.0. The van der Waals surface area contributed by atoms with Crippen LogP contribution in [-0.4, -0.2) is 51.4 Å². The standard InChI is InChI=1S/C34H37N3O5S/c1-3-23-35-34(39)31(24-27-15-7-4-8-16-27)36(25-28-17-9-5-10-18-28)33(38)26-37(30-21-13-14-22-32(30)42-2)43(40,41)29-19-11-6-12-20-29/h4-22,31H,3,23-26H2,1-2H3,(H,35,39)/t31-/m0/s1. The van der Waals surface area contributed by atoms with E-state index in [9.17, 15) is 18.0 Å². The van der Waals surface area contributed by atoms with E-state index in [4.69, 9.17) is 4.74 Å². The van der Waals surface area contributed by atoms with Crippen LogP contribution in [0.3, 0.4) is 0 Å². The van der Waals surface area contributed by atoms with Gasteiger partial charge in [0.2, 0.25) is 11.8 Å². The van der Waals surface area contributed by atoms with Crippen molar-refractivity contribution in [1.29, 1.82) is 0 Å². The summed E-state index contributed by atoms with van der Waals surface area (Å²) in [6, 6.07) is 32.6. The number of methoxy groups -OCH3 is 1. The summed E-state index contributed by atoms with van der Waals surface area (Å²) in [6.07, 6.45) is 0.988. The molecule has 4 aromatic carbocycles. The monoisotopic (exact) mass is 599 g/mol. The molecule has 0 aromatic heterocycles. The van der Waals surface area contributed by atoms with Crippen LogP contribution in [0.25, 0.3) is 0 Å². The van der Waals surface area contributed by atoms with E-state index in [1.165, 1.54) is 24.1 Å². The number of carbonyl (C=O) groups excluding carboxylic acids is 2. The molecule has 0 bridgehead atoms. The third-order valence-corrected chi connectivity index (χ3v) is 8.75. The van der Waals surface area contributed by atoms with E-state index >= 15 is 0 Å². The number of benzene rings is 4. The van der Waals surface area contributed by atoms with Gasteiger partial charge in [-0.25, -0.2) is 8.42 Å². The first-order valence-corrected chi connectivity index (χ1v) is 15.6. The first-order chi connectivity index (χ1) is 20.8. The Morgan fingerprint density at radius 1 is 0.791 bits per heavy atom. The third-order valence-electron chi connectivity index (χ3n) is 6.98. The van der Waals surface area contributed by atoms with E-state index in [1.807, 2.05) is 67.6 Å². The number of nitrogens with zero attached hydrogens (tertiary/aromatic N) is 2. The van der Waals surface area contributed by atoms with Crippen molar-refractivity contribution in [2.45, 2.75) is 37.2 Å². The topological polar surface area (TPSA) is 96.0 Å². The summed E-state index contributed by atoms with van der Waals surface area (Å²) in [6.45, 7) is 1.98. The van der Waals surface area contributed by atoms with Crippen LogP contribution < -0.4 is 14.4 Å². The summed E-state index contributed by atoms with van der Waals surface area (Å²) in [7, 11) is -2.75. The van der Waals surface area contributed by atoms with Gasteiger partial charge < -0.3 is 15.0 Å². The molecule has 0 fully saturated rings. The number of sulfonamides is 1. The molecule has 0 aliphatic carbocycles. The van der Waals surface area contributed by atoms with Gasteiger partial charge in [-0.2, -0.15) is 0 Å². The van der Waals surface area contributed by atoms with Crippen molar-refractivity contribution in [2.75, 3.05) is 24.5 Å². The molecule has 0 spiro atoms. The second-order valence-corrected chi connectivity index (χ2v) is 11.9. The quantitative estimate of drug-likeness (QED) is 0.219. The molecular formula is C34H37N3O5S. The minimum atomic E-state index is -4.20. The van der Waals surface area contributed by atoms with Crippen LogP contribution in [0.2, 0.25) is 0 Å². The Bertz CT molecular complexity index is 1580. The maximum Gasteiger partial charge on any atom is 0.264 e. The average Bonchev–Trinajstić information content (AvgIpc) is 3.05. The van der Waals surface area contributed by atoms with Crippen molar-refractivity contribution in [3.63, 3.8) is 0 Å². The molecule has 1 N–H and O–H groups in total. The van der Waals surface area contributed by atoms with Crippen LogP contribution >= 0.6 is 0 Å². The fourth-order valence-corrected chi connectivity index (χ4v) is 6.21. The molecule has 8 nitrogen and oxygen atoms in total. The first-order valence-electron chi connectivity index (χ1n) is 14.2. The predicted octanol–water partition coefficient (Wildman–Crippen LogP) is 5.06. The van der Waals surface area contributed by atoms with Crippen LogP contribution in [0.5, 0.6) is 5.75 Å². The summed E-state index contributed by atoms with van der Waals surface area (Å²) in [5, 5.41) is 2.95. The van der Waals surface area contributed by atoms with Crippen LogP contribution in [0.4, 0.5) is 5.69 Å². The molecule has 0 unspecified atom stereocenters. The number of amides is 2. The molecule has 1 atom stereocenters. The van der Waals surface area contributed by atoms with E-state index < -0.39 is 28.5 Å². The van der Waals surface area contributed by atoms with Gasteiger partial charge in [0.25, 0.3) is 10.0 Å². The SMILES string of the molecule is CCCNC(=O)[C@H](Cc1ccccc1)N(Cc1ccccc1)C(=O)CN(c1ccccc1OC)S(=O)(=O)c1ccccc1. The number of nitrogens with one attached hydrogen (secondary N) is 1. The fourth-order valence-electron chi connectivity index (χ4n) is 4.77. The number of carbonyl (C=O) groups is 2. The second kappa shape index (κ2) is 15.0. The smallest absolute Gasteiger partial charge is 0.264 e. The maximum absolute atomic E-state index is 14.4. The first kappa shape index (κ1) is 31.3. The lowest BCUT2D eigenvalue weighted by Crippen LogP contribution is -2.53. The molecule has 0 radical (unpaired) electrons. The largest absolute Gasteiger partial charge is 0.495 e. The van der Waals surface area contributed by atoms with E-state index in [0.717, 1.165) is 21.9 Å².